The molecule has 0 radical (unpaired) electrons. The van der Waals surface area contributed by atoms with Crippen LogP contribution in [-0.2, 0) is 11.2 Å². The number of rotatable bonds is 3. The Morgan fingerprint density at radius 1 is 1.43 bits per heavy atom. The summed E-state index contributed by atoms with van der Waals surface area (Å²) in [4.78, 5) is 22.6. The molecule has 6 heteroatoms. The van der Waals surface area contributed by atoms with Crippen LogP contribution in [0.1, 0.15) is 45.7 Å². The van der Waals surface area contributed by atoms with E-state index in [1.807, 2.05) is 25.7 Å². The summed E-state index contributed by atoms with van der Waals surface area (Å²) in [5.74, 6) is 0. The Balaban J connectivity index is 1.90. The lowest BCUT2D eigenvalue weighted by atomic mass is 10.1. The number of carbonyl (C=O) groups is 1. The molecule has 0 bridgehead atoms. The molecule has 1 saturated heterocycles. The molecule has 1 aliphatic rings. The predicted octanol–water partition coefficient (Wildman–Crippen LogP) is 3.57. The van der Waals surface area contributed by atoms with Gasteiger partial charge in [-0.05, 0) is 62.4 Å². The van der Waals surface area contributed by atoms with Crippen LogP contribution in [-0.4, -0.2) is 39.1 Å². The molecule has 5 nitrogen and oxygen atoms in total. The number of hydrogen-bond donors (Lipinski definition) is 0. The van der Waals surface area contributed by atoms with Crippen molar-refractivity contribution in [3.05, 3.63) is 22.7 Å². The second kappa shape index (κ2) is 6.73. The van der Waals surface area contributed by atoms with Crippen molar-refractivity contribution in [3.8, 4) is 0 Å². The highest BCUT2D eigenvalue weighted by Crippen LogP contribution is 2.24. The zero-order valence-corrected chi connectivity index (χ0v) is 14.4. The molecule has 2 heterocycles. The third-order valence-corrected chi connectivity index (χ3v) is 3.82. The molecule has 0 aliphatic carbocycles. The molecule has 1 fully saturated rings. The number of likely N-dealkylation sites (tertiary alicyclic amines) is 1. The van der Waals surface area contributed by atoms with E-state index in [2.05, 4.69) is 25.9 Å². The summed E-state index contributed by atoms with van der Waals surface area (Å²) in [6.07, 6.45) is 7.07. The fourth-order valence-electron chi connectivity index (χ4n) is 2.48. The third-order valence-electron chi connectivity index (χ3n) is 3.41. The van der Waals surface area contributed by atoms with E-state index < -0.39 is 5.60 Å². The van der Waals surface area contributed by atoms with Crippen LogP contribution in [0.15, 0.2) is 17.0 Å². The zero-order valence-electron chi connectivity index (χ0n) is 12.8. The second-order valence-electron chi connectivity index (χ2n) is 6.34. The summed E-state index contributed by atoms with van der Waals surface area (Å²) in [5.41, 5.74) is 0.510. The minimum absolute atomic E-state index is 0.202. The number of nitrogens with zero attached hydrogens (tertiary/aromatic N) is 3. The lowest BCUT2D eigenvalue weighted by Crippen LogP contribution is -2.40. The summed E-state index contributed by atoms with van der Waals surface area (Å²) in [5, 5.41) is 0. The molecule has 1 aromatic rings. The molecule has 116 valence electrons. The average Bonchev–Trinajstić information content (AvgIpc) is 2.84. The molecule has 2 rings (SSSR count). The molecular weight excluding hydrogens is 334 g/mol. The van der Waals surface area contributed by atoms with E-state index in [1.54, 1.807) is 12.4 Å². The Bertz CT molecular complexity index is 485. The van der Waals surface area contributed by atoms with Crippen molar-refractivity contribution >= 4 is 22.0 Å². The molecule has 1 amide bonds. The summed E-state index contributed by atoms with van der Waals surface area (Å²) < 4.78 is 6.21. The largest absolute Gasteiger partial charge is 0.444 e. The van der Waals surface area contributed by atoms with Gasteiger partial charge in [0.1, 0.15) is 10.2 Å². The first kappa shape index (κ1) is 16.2. The van der Waals surface area contributed by atoms with Crippen molar-refractivity contribution in [3.63, 3.8) is 0 Å². The Morgan fingerprint density at radius 3 is 2.81 bits per heavy atom. The van der Waals surface area contributed by atoms with Gasteiger partial charge in [0.15, 0.2) is 0 Å². The summed E-state index contributed by atoms with van der Waals surface area (Å²) >= 11 is 3.28. The van der Waals surface area contributed by atoms with Crippen molar-refractivity contribution < 1.29 is 9.53 Å². The quantitative estimate of drug-likeness (QED) is 0.831. The van der Waals surface area contributed by atoms with Crippen molar-refractivity contribution in [1.82, 2.24) is 14.9 Å². The van der Waals surface area contributed by atoms with Crippen LogP contribution >= 0.6 is 15.9 Å². The van der Waals surface area contributed by atoms with Crippen LogP contribution in [0.25, 0.3) is 0 Å². The van der Waals surface area contributed by atoms with E-state index in [0.29, 0.717) is 0 Å². The van der Waals surface area contributed by atoms with Crippen LogP contribution in [0.3, 0.4) is 0 Å². The van der Waals surface area contributed by atoms with Crippen molar-refractivity contribution in [2.24, 2.45) is 0 Å². The molecule has 21 heavy (non-hydrogen) atoms. The molecule has 0 aromatic carbocycles. The smallest absolute Gasteiger partial charge is 0.410 e. The Labute approximate surface area is 134 Å². The number of amides is 1. The van der Waals surface area contributed by atoms with Crippen molar-refractivity contribution in [2.75, 3.05) is 6.54 Å². The average molecular weight is 356 g/mol. The maximum absolute atomic E-state index is 12.2. The van der Waals surface area contributed by atoms with Crippen molar-refractivity contribution in [1.29, 1.82) is 0 Å². The number of ether oxygens (including phenoxy) is 1. The highest BCUT2D eigenvalue weighted by Gasteiger charge is 2.31. The fourth-order valence-corrected chi connectivity index (χ4v) is 2.68. The number of hydrogen-bond acceptors (Lipinski definition) is 4. The lowest BCUT2D eigenvalue weighted by Gasteiger charge is -2.28. The monoisotopic (exact) mass is 355 g/mol. The standard InChI is InChI=1S/C15H22BrN3O2/c1-15(2,3)21-14(20)19-8-4-5-12(19)7-6-11-9-18-13(16)10-17-11/h9-10,12H,4-8H2,1-3H3. The molecule has 0 saturated carbocycles. The van der Waals surface area contributed by atoms with Gasteiger partial charge >= 0.3 is 6.09 Å². The van der Waals surface area contributed by atoms with Gasteiger partial charge in [0, 0.05) is 18.8 Å². The SMILES string of the molecule is CC(C)(C)OC(=O)N1CCCC1CCc1cnc(Br)cn1. The van der Waals surface area contributed by atoms with Crippen LogP contribution in [0.5, 0.6) is 0 Å². The van der Waals surface area contributed by atoms with Crippen LogP contribution < -0.4 is 0 Å². The second-order valence-corrected chi connectivity index (χ2v) is 7.15. The van der Waals surface area contributed by atoms with Gasteiger partial charge in [-0.2, -0.15) is 0 Å². The molecule has 0 N–H and O–H groups in total. The topological polar surface area (TPSA) is 55.3 Å². The fraction of sp³-hybridized carbons (Fsp3) is 0.667. The first-order chi connectivity index (χ1) is 9.85. The number of carbonyl (C=O) groups excluding carboxylic acids is 1. The molecule has 0 spiro atoms. The van der Waals surface area contributed by atoms with E-state index in [4.69, 9.17) is 4.74 Å². The van der Waals surface area contributed by atoms with Gasteiger partial charge in [-0.3, -0.25) is 4.98 Å². The van der Waals surface area contributed by atoms with Gasteiger partial charge in [-0.1, -0.05) is 0 Å². The van der Waals surface area contributed by atoms with Gasteiger partial charge in [0.2, 0.25) is 0 Å². The van der Waals surface area contributed by atoms with E-state index >= 15 is 0 Å². The molecule has 1 aromatic heterocycles. The molecule has 1 atom stereocenters. The van der Waals surface area contributed by atoms with Crippen LogP contribution in [0.2, 0.25) is 0 Å². The van der Waals surface area contributed by atoms with Crippen molar-refractivity contribution in [2.45, 2.75) is 58.1 Å². The Hall–Kier alpha value is -1.17. The van der Waals surface area contributed by atoms with Crippen LogP contribution in [0, 0.1) is 0 Å². The minimum Gasteiger partial charge on any atom is -0.444 e. The van der Waals surface area contributed by atoms with Gasteiger partial charge in [-0.25, -0.2) is 9.78 Å². The lowest BCUT2D eigenvalue weighted by molar-refractivity contribution is 0.0220. The van der Waals surface area contributed by atoms with E-state index in [-0.39, 0.29) is 12.1 Å². The Kier molecular flexibility index (Phi) is 5.19. The predicted molar refractivity (Wildman–Crippen MR) is 84.0 cm³/mol. The van der Waals surface area contributed by atoms with E-state index in [9.17, 15) is 4.79 Å². The number of aryl methyl sites for hydroxylation is 1. The van der Waals surface area contributed by atoms with Gasteiger partial charge in [-0.15, -0.1) is 0 Å². The third kappa shape index (κ3) is 4.95. The summed E-state index contributed by atoms with van der Waals surface area (Å²) in [7, 11) is 0. The normalized spacial score (nSPS) is 18.9. The summed E-state index contributed by atoms with van der Waals surface area (Å²) in [6.45, 7) is 6.47. The Morgan fingerprint density at radius 2 is 2.19 bits per heavy atom. The maximum Gasteiger partial charge on any atom is 0.410 e. The first-order valence-corrected chi connectivity index (χ1v) is 8.10. The molecular formula is C15H22BrN3O2. The summed E-state index contributed by atoms with van der Waals surface area (Å²) in [6, 6.07) is 0.241. The number of aromatic nitrogens is 2. The first-order valence-electron chi connectivity index (χ1n) is 7.31. The highest BCUT2D eigenvalue weighted by molar-refractivity contribution is 9.10. The number of halogens is 1. The molecule has 1 unspecified atom stereocenters. The van der Waals surface area contributed by atoms with Gasteiger partial charge in [0.25, 0.3) is 0 Å². The molecule has 1 aliphatic heterocycles. The van der Waals surface area contributed by atoms with Gasteiger partial charge < -0.3 is 9.64 Å². The minimum atomic E-state index is -0.443. The highest BCUT2D eigenvalue weighted by atomic mass is 79.9. The maximum atomic E-state index is 12.2. The van der Waals surface area contributed by atoms with E-state index in [0.717, 1.165) is 42.5 Å². The van der Waals surface area contributed by atoms with Gasteiger partial charge in [0.05, 0.1) is 11.9 Å². The van der Waals surface area contributed by atoms with E-state index in [1.165, 1.54) is 0 Å². The zero-order chi connectivity index (χ0) is 15.5. The van der Waals surface area contributed by atoms with Crippen LogP contribution in [0.4, 0.5) is 4.79 Å².